The summed E-state index contributed by atoms with van der Waals surface area (Å²) in [5.74, 6) is -1.34. The molecule has 0 bridgehead atoms. The van der Waals surface area contributed by atoms with Crippen LogP contribution in [0.2, 0.25) is 5.02 Å². The van der Waals surface area contributed by atoms with Gasteiger partial charge in [0.25, 0.3) is 0 Å². The summed E-state index contributed by atoms with van der Waals surface area (Å²) in [6.07, 6.45) is 2.46. The van der Waals surface area contributed by atoms with Crippen LogP contribution < -0.4 is 5.32 Å². The number of nitrogens with zero attached hydrogens (tertiary/aromatic N) is 1. The Morgan fingerprint density at radius 1 is 1.41 bits per heavy atom. The summed E-state index contributed by atoms with van der Waals surface area (Å²) in [5, 5.41) is 2.35. The molecule has 0 aromatic heterocycles. The van der Waals surface area contributed by atoms with Crippen LogP contribution in [0, 0.1) is 5.82 Å². The van der Waals surface area contributed by atoms with E-state index in [1.165, 1.54) is 11.2 Å². The Bertz CT molecular complexity index is 694. The maximum Gasteiger partial charge on any atom is 0.246 e. The molecule has 1 aliphatic rings. The Morgan fingerprint density at radius 3 is 2.68 bits per heavy atom. The molecule has 0 unspecified atom stereocenters. The van der Waals surface area contributed by atoms with Crippen molar-refractivity contribution in [3.8, 4) is 0 Å². The van der Waals surface area contributed by atoms with Gasteiger partial charge in [-0.3, -0.25) is 4.79 Å². The fourth-order valence-corrected chi connectivity index (χ4v) is 4.62. The molecular weight excluding hydrogens is 331 g/mol. The van der Waals surface area contributed by atoms with Crippen LogP contribution in [-0.2, 0) is 14.8 Å². The molecule has 0 radical (unpaired) electrons. The summed E-state index contributed by atoms with van der Waals surface area (Å²) in [4.78, 5) is 10.6. The Kier molecular flexibility index (Phi) is 5.09. The molecule has 1 saturated heterocycles. The second kappa shape index (κ2) is 6.52. The van der Waals surface area contributed by atoms with Gasteiger partial charge in [0.05, 0.1) is 10.7 Å². The Morgan fingerprint density at radius 2 is 2.09 bits per heavy atom. The lowest BCUT2D eigenvalue weighted by Crippen LogP contribution is -2.42. The van der Waals surface area contributed by atoms with Gasteiger partial charge in [-0.2, -0.15) is 4.31 Å². The third-order valence-electron chi connectivity index (χ3n) is 3.66. The van der Waals surface area contributed by atoms with Gasteiger partial charge in [0.1, 0.15) is 10.7 Å². The minimum Gasteiger partial charge on any atom is -0.325 e. The quantitative estimate of drug-likeness (QED) is 0.913. The molecule has 22 heavy (non-hydrogen) atoms. The number of hydrogen-bond acceptors (Lipinski definition) is 3. The molecule has 1 fully saturated rings. The molecule has 122 valence electrons. The number of amides is 1. The van der Waals surface area contributed by atoms with Crippen molar-refractivity contribution in [1.82, 2.24) is 4.31 Å². The van der Waals surface area contributed by atoms with Gasteiger partial charge in [-0.25, -0.2) is 12.8 Å². The number of sulfonamides is 1. The SMILES string of the molecule is CC(=O)Nc1cc(F)c(S(=O)(=O)N2CCCC[C@@H]2C)cc1Cl. The lowest BCUT2D eigenvalue weighted by molar-refractivity contribution is -0.114. The van der Waals surface area contributed by atoms with Gasteiger partial charge in [0, 0.05) is 25.6 Å². The monoisotopic (exact) mass is 348 g/mol. The van der Waals surface area contributed by atoms with Crippen LogP contribution in [0.5, 0.6) is 0 Å². The second-order valence-electron chi connectivity index (χ2n) is 5.40. The van der Waals surface area contributed by atoms with E-state index in [0.717, 1.165) is 31.4 Å². The predicted octanol–water partition coefficient (Wildman–Crippen LogP) is 3.00. The summed E-state index contributed by atoms with van der Waals surface area (Å²) in [6, 6.07) is 1.82. The van der Waals surface area contributed by atoms with E-state index in [4.69, 9.17) is 11.6 Å². The standard InChI is InChI=1S/C14H18ClFN2O3S/c1-9-5-3-4-6-18(9)22(20,21)14-7-11(15)13(8-12(14)16)17-10(2)19/h7-9H,3-6H2,1-2H3,(H,17,19)/t9-/m0/s1. The van der Waals surface area contributed by atoms with E-state index in [9.17, 15) is 17.6 Å². The highest BCUT2D eigenvalue weighted by molar-refractivity contribution is 7.89. The number of nitrogens with one attached hydrogen (secondary N) is 1. The number of benzene rings is 1. The van der Waals surface area contributed by atoms with E-state index < -0.39 is 26.6 Å². The molecule has 1 amide bonds. The van der Waals surface area contributed by atoms with Crippen molar-refractivity contribution in [3.05, 3.63) is 23.0 Å². The zero-order chi connectivity index (χ0) is 16.5. The van der Waals surface area contributed by atoms with E-state index in [-0.39, 0.29) is 16.8 Å². The lowest BCUT2D eigenvalue weighted by Gasteiger charge is -2.32. The summed E-state index contributed by atoms with van der Waals surface area (Å²) < 4.78 is 40.8. The van der Waals surface area contributed by atoms with Crippen LogP contribution in [0.3, 0.4) is 0 Å². The Hall–Kier alpha value is -1.18. The van der Waals surface area contributed by atoms with Gasteiger partial charge in [0.2, 0.25) is 15.9 Å². The maximum absolute atomic E-state index is 14.2. The molecule has 8 heteroatoms. The fraction of sp³-hybridized carbons (Fsp3) is 0.500. The van der Waals surface area contributed by atoms with Crippen molar-refractivity contribution in [1.29, 1.82) is 0 Å². The molecule has 1 aromatic rings. The molecule has 1 aliphatic heterocycles. The van der Waals surface area contributed by atoms with Crippen LogP contribution in [0.15, 0.2) is 17.0 Å². The topological polar surface area (TPSA) is 66.5 Å². The third kappa shape index (κ3) is 3.42. The highest BCUT2D eigenvalue weighted by atomic mass is 35.5. The maximum atomic E-state index is 14.2. The molecule has 1 aromatic carbocycles. The van der Waals surface area contributed by atoms with E-state index in [1.54, 1.807) is 0 Å². The van der Waals surface area contributed by atoms with Gasteiger partial charge in [-0.05, 0) is 25.8 Å². The first-order valence-corrected chi connectivity index (χ1v) is 8.83. The summed E-state index contributed by atoms with van der Waals surface area (Å²) in [5.41, 5.74) is 0.0531. The van der Waals surface area contributed by atoms with Crippen LogP contribution in [0.25, 0.3) is 0 Å². The smallest absolute Gasteiger partial charge is 0.246 e. The van der Waals surface area contributed by atoms with Gasteiger partial charge >= 0.3 is 0 Å². The molecule has 0 aliphatic carbocycles. The summed E-state index contributed by atoms with van der Waals surface area (Å²) in [6.45, 7) is 3.43. The van der Waals surface area contributed by atoms with Crippen LogP contribution in [0.4, 0.5) is 10.1 Å². The normalized spacial score (nSPS) is 19.9. The molecular formula is C14H18ClFN2O3S. The van der Waals surface area contributed by atoms with Crippen molar-refractivity contribution < 1.29 is 17.6 Å². The number of rotatable bonds is 3. The zero-order valence-electron chi connectivity index (χ0n) is 12.4. The summed E-state index contributed by atoms with van der Waals surface area (Å²) >= 11 is 5.96. The molecule has 5 nitrogen and oxygen atoms in total. The van der Waals surface area contributed by atoms with Crippen molar-refractivity contribution in [2.24, 2.45) is 0 Å². The van der Waals surface area contributed by atoms with E-state index in [1.807, 2.05) is 6.92 Å². The number of piperidine rings is 1. The van der Waals surface area contributed by atoms with Gasteiger partial charge in [-0.1, -0.05) is 18.0 Å². The van der Waals surface area contributed by atoms with E-state index >= 15 is 0 Å². The average molecular weight is 349 g/mol. The first kappa shape index (κ1) is 17.2. The lowest BCUT2D eigenvalue weighted by atomic mass is 10.1. The number of halogens is 2. The highest BCUT2D eigenvalue weighted by Crippen LogP contribution is 2.32. The largest absolute Gasteiger partial charge is 0.325 e. The predicted molar refractivity (Wildman–Crippen MR) is 82.9 cm³/mol. The number of hydrogen-bond donors (Lipinski definition) is 1. The van der Waals surface area contributed by atoms with Gasteiger partial charge in [-0.15, -0.1) is 0 Å². The molecule has 0 spiro atoms. The number of carbonyl (C=O) groups excluding carboxylic acids is 1. The van der Waals surface area contributed by atoms with Crippen molar-refractivity contribution in [2.75, 3.05) is 11.9 Å². The highest BCUT2D eigenvalue weighted by Gasteiger charge is 2.33. The molecule has 1 heterocycles. The molecule has 0 saturated carbocycles. The fourth-order valence-electron chi connectivity index (χ4n) is 2.57. The minimum absolute atomic E-state index is 0.0140. The van der Waals surface area contributed by atoms with Gasteiger partial charge in [0.15, 0.2) is 0 Å². The third-order valence-corrected chi connectivity index (χ3v) is 6.00. The van der Waals surface area contributed by atoms with Crippen LogP contribution >= 0.6 is 11.6 Å². The average Bonchev–Trinajstić information content (AvgIpc) is 2.42. The van der Waals surface area contributed by atoms with Gasteiger partial charge < -0.3 is 5.32 Å². The Balaban J connectivity index is 2.43. The van der Waals surface area contributed by atoms with Crippen LogP contribution in [0.1, 0.15) is 33.1 Å². The van der Waals surface area contributed by atoms with Crippen molar-refractivity contribution in [2.45, 2.75) is 44.0 Å². The Labute approximate surface area is 134 Å². The number of anilines is 1. The molecule has 2 rings (SSSR count). The molecule has 1 atom stereocenters. The molecule has 1 N–H and O–H groups in total. The number of carbonyl (C=O) groups is 1. The summed E-state index contributed by atoms with van der Waals surface area (Å²) in [7, 11) is -3.95. The van der Waals surface area contributed by atoms with Crippen molar-refractivity contribution in [3.63, 3.8) is 0 Å². The van der Waals surface area contributed by atoms with E-state index in [0.29, 0.717) is 6.54 Å². The first-order chi connectivity index (χ1) is 10.2. The zero-order valence-corrected chi connectivity index (χ0v) is 14.0. The minimum atomic E-state index is -3.95. The first-order valence-electron chi connectivity index (χ1n) is 7.02. The van der Waals surface area contributed by atoms with Crippen LogP contribution in [-0.4, -0.2) is 31.2 Å². The second-order valence-corrected chi connectivity index (χ2v) is 7.67. The van der Waals surface area contributed by atoms with E-state index in [2.05, 4.69) is 5.32 Å². The van der Waals surface area contributed by atoms with Crippen molar-refractivity contribution >= 4 is 33.2 Å².